The van der Waals surface area contributed by atoms with E-state index in [9.17, 15) is 9.59 Å². The SMILES string of the molecule is Cc1ccc2[nH]c(C3CCCN(C(=O)C4CC(=O)N(C)C4)C3)c(-c3ccncc3)c2c1. The van der Waals surface area contributed by atoms with Crippen LogP contribution >= 0.6 is 0 Å². The number of carbonyl (C=O) groups excluding carboxylic acids is 2. The van der Waals surface area contributed by atoms with Gasteiger partial charge in [-0.15, -0.1) is 0 Å². The summed E-state index contributed by atoms with van der Waals surface area (Å²) in [7, 11) is 1.78. The van der Waals surface area contributed by atoms with Gasteiger partial charge in [-0.05, 0) is 49.6 Å². The highest BCUT2D eigenvalue weighted by atomic mass is 16.2. The lowest BCUT2D eigenvalue weighted by Crippen LogP contribution is -2.43. The Hall–Kier alpha value is -3.15. The lowest BCUT2D eigenvalue weighted by molar-refractivity contribution is -0.137. The second kappa shape index (κ2) is 7.84. The molecular weight excluding hydrogens is 388 g/mol. The van der Waals surface area contributed by atoms with Gasteiger partial charge in [0.05, 0.1) is 5.92 Å². The molecule has 2 aliphatic rings. The minimum atomic E-state index is -0.207. The largest absolute Gasteiger partial charge is 0.358 e. The third-order valence-electron chi connectivity index (χ3n) is 6.78. The fraction of sp³-hybridized carbons (Fsp3) is 0.400. The maximum atomic E-state index is 13.2. The Bertz CT molecular complexity index is 1140. The van der Waals surface area contributed by atoms with Gasteiger partial charge in [-0.1, -0.05) is 11.6 Å². The fourth-order valence-corrected chi connectivity index (χ4v) is 5.16. The number of aryl methyl sites for hydroxylation is 1. The minimum Gasteiger partial charge on any atom is -0.358 e. The van der Waals surface area contributed by atoms with Crippen LogP contribution in [0.2, 0.25) is 0 Å². The van der Waals surface area contributed by atoms with Crippen LogP contribution in [-0.4, -0.2) is 58.3 Å². The summed E-state index contributed by atoms with van der Waals surface area (Å²) >= 11 is 0. The van der Waals surface area contributed by atoms with Crippen molar-refractivity contribution >= 4 is 22.7 Å². The van der Waals surface area contributed by atoms with Crippen molar-refractivity contribution in [2.45, 2.75) is 32.1 Å². The van der Waals surface area contributed by atoms with E-state index in [1.807, 2.05) is 17.3 Å². The van der Waals surface area contributed by atoms with E-state index in [4.69, 9.17) is 0 Å². The number of likely N-dealkylation sites (tertiary alicyclic amines) is 2. The molecule has 2 aromatic heterocycles. The van der Waals surface area contributed by atoms with Crippen molar-refractivity contribution in [3.63, 3.8) is 0 Å². The molecule has 0 radical (unpaired) electrons. The zero-order chi connectivity index (χ0) is 21.5. The molecule has 2 unspecified atom stereocenters. The maximum Gasteiger partial charge on any atom is 0.228 e. The Balaban J connectivity index is 1.49. The molecule has 1 N–H and O–H groups in total. The highest BCUT2D eigenvalue weighted by Gasteiger charge is 2.37. The third-order valence-corrected chi connectivity index (χ3v) is 6.78. The lowest BCUT2D eigenvalue weighted by Gasteiger charge is -2.34. The zero-order valence-electron chi connectivity index (χ0n) is 18.1. The van der Waals surface area contributed by atoms with Crippen LogP contribution in [0.3, 0.4) is 0 Å². The molecule has 0 aliphatic carbocycles. The molecule has 4 heterocycles. The molecule has 2 fully saturated rings. The Kier molecular flexibility index (Phi) is 5.00. The zero-order valence-corrected chi connectivity index (χ0v) is 18.1. The number of nitrogens with zero attached hydrogens (tertiary/aromatic N) is 3. The van der Waals surface area contributed by atoms with Gasteiger partial charge in [0.2, 0.25) is 11.8 Å². The quantitative estimate of drug-likeness (QED) is 0.707. The van der Waals surface area contributed by atoms with Crippen LogP contribution in [0.5, 0.6) is 0 Å². The van der Waals surface area contributed by atoms with Gasteiger partial charge in [-0.3, -0.25) is 14.6 Å². The van der Waals surface area contributed by atoms with E-state index >= 15 is 0 Å². The van der Waals surface area contributed by atoms with Crippen LogP contribution in [0.25, 0.3) is 22.0 Å². The van der Waals surface area contributed by atoms with Gasteiger partial charge in [0.1, 0.15) is 0 Å². The summed E-state index contributed by atoms with van der Waals surface area (Å²) in [4.78, 5) is 36.6. The average Bonchev–Trinajstić information content (AvgIpc) is 3.33. The molecule has 5 rings (SSSR count). The predicted molar refractivity (Wildman–Crippen MR) is 121 cm³/mol. The first-order valence-electron chi connectivity index (χ1n) is 11.1. The van der Waals surface area contributed by atoms with Crippen molar-refractivity contribution in [3.8, 4) is 11.1 Å². The summed E-state index contributed by atoms with van der Waals surface area (Å²) in [6.07, 6.45) is 6.01. The van der Waals surface area contributed by atoms with E-state index < -0.39 is 0 Å². The van der Waals surface area contributed by atoms with Gasteiger partial charge in [-0.25, -0.2) is 0 Å². The van der Waals surface area contributed by atoms with Crippen LogP contribution in [0.15, 0.2) is 42.7 Å². The number of benzene rings is 1. The summed E-state index contributed by atoms with van der Waals surface area (Å²) in [5, 5.41) is 1.22. The topological polar surface area (TPSA) is 69.3 Å². The summed E-state index contributed by atoms with van der Waals surface area (Å²) in [6, 6.07) is 10.6. The number of H-pyrrole nitrogens is 1. The highest BCUT2D eigenvalue weighted by molar-refractivity contribution is 5.98. The second-order valence-electron chi connectivity index (χ2n) is 9.00. The van der Waals surface area contributed by atoms with Crippen molar-refractivity contribution < 1.29 is 9.59 Å². The van der Waals surface area contributed by atoms with E-state index in [2.05, 4.69) is 47.2 Å². The molecule has 6 heteroatoms. The van der Waals surface area contributed by atoms with Crippen molar-refractivity contribution in [1.29, 1.82) is 0 Å². The molecule has 2 saturated heterocycles. The number of piperidine rings is 1. The van der Waals surface area contributed by atoms with Crippen LogP contribution in [0.4, 0.5) is 0 Å². The standard InChI is InChI=1S/C25H28N4O2/c1-16-5-6-21-20(12-16)23(17-7-9-26-10-8-17)24(27-21)18-4-3-11-29(15-18)25(31)19-13-22(30)28(2)14-19/h5-10,12,18-19,27H,3-4,11,13-15H2,1-2H3. The highest BCUT2D eigenvalue weighted by Crippen LogP contribution is 2.39. The number of hydrogen-bond donors (Lipinski definition) is 1. The summed E-state index contributed by atoms with van der Waals surface area (Å²) < 4.78 is 0. The Morgan fingerprint density at radius 2 is 1.97 bits per heavy atom. The van der Waals surface area contributed by atoms with E-state index in [0.717, 1.165) is 30.5 Å². The molecule has 160 valence electrons. The Morgan fingerprint density at radius 1 is 1.16 bits per heavy atom. The molecule has 31 heavy (non-hydrogen) atoms. The molecule has 2 aliphatic heterocycles. The van der Waals surface area contributed by atoms with Crippen LogP contribution < -0.4 is 0 Å². The van der Waals surface area contributed by atoms with E-state index in [0.29, 0.717) is 19.5 Å². The lowest BCUT2D eigenvalue weighted by atomic mass is 9.89. The first-order chi connectivity index (χ1) is 15.0. The van der Waals surface area contributed by atoms with E-state index in [1.165, 1.54) is 22.2 Å². The predicted octanol–water partition coefficient (Wildman–Crippen LogP) is 3.72. The number of hydrogen-bond acceptors (Lipinski definition) is 3. The first-order valence-corrected chi connectivity index (χ1v) is 11.1. The third kappa shape index (κ3) is 3.60. The van der Waals surface area contributed by atoms with Crippen LogP contribution in [-0.2, 0) is 9.59 Å². The van der Waals surface area contributed by atoms with Crippen molar-refractivity contribution in [3.05, 3.63) is 54.0 Å². The van der Waals surface area contributed by atoms with Crippen molar-refractivity contribution in [2.24, 2.45) is 5.92 Å². The number of nitrogens with one attached hydrogen (secondary N) is 1. The Morgan fingerprint density at radius 3 is 2.71 bits per heavy atom. The van der Waals surface area contributed by atoms with E-state index in [-0.39, 0.29) is 23.7 Å². The average molecular weight is 417 g/mol. The molecule has 1 aromatic carbocycles. The summed E-state index contributed by atoms with van der Waals surface area (Å²) in [5.41, 5.74) is 5.91. The molecule has 0 spiro atoms. The molecular formula is C25H28N4O2. The number of carbonyl (C=O) groups is 2. The van der Waals surface area contributed by atoms with Gasteiger partial charge >= 0.3 is 0 Å². The number of aromatic nitrogens is 2. The summed E-state index contributed by atoms with van der Waals surface area (Å²) in [5.74, 6) is 0.224. The molecule has 2 amide bonds. The molecule has 0 saturated carbocycles. The van der Waals surface area contributed by atoms with E-state index in [1.54, 1.807) is 11.9 Å². The van der Waals surface area contributed by atoms with Gasteiger partial charge < -0.3 is 14.8 Å². The smallest absolute Gasteiger partial charge is 0.228 e. The molecule has 6 nitrogen and oxygen atoms in total. The molecule has 0 bridgehead atoms. The second-order valence-corrected chi connectivity index (χ2v) is 9.00. The van der Waals surface area contributed by atoms with Gasteiger partial charge in [-0.2, -0.15) is 0 Å². The number of aromatic amines is 1. The van der Waals surface area contributed by atoms with Crippen molar-refractivity contribution in [2.75, 3.05) is 26.7 Å². The van der Waals surface area contributed by atoms with Gasteiger partial charge in [0, 0.05) is 73.6 Å². The normalized spacial score (nSPS) is 21.8. The Labute approximate surface area is 182 Å². The fourth-order valence-electron chi connectivity index (χ4n) is 5.16. The van der Waals surface area contributed by atoms with Crippen LogP contribution in [0.1, 0.15) is 36.4 Å². The van der Waals surface area contributed by atoms with Gasteiger partial charge in [0.15, 0.2) is 0 Å². The number of pyridine rings is 1. The number of fused-ring (bicyclic) bond motifs is 1. The number of rotatable bonds is 3. The molecule has 2 atom stereocenters. The maximum absolute atomic E-state index is 13.2. The van der Waals surface area contributed by atoms with Crippen molar-refractivity contribution in [1.82, 2.24) is 19.8 Å². The van der Waals surface area contributed by atoms with Gasteiger partial charge in [0.25, 0.3) is 0 Å². The monoisotopic (exact) mass is 416 g/mol. The minimum absolute atomic E-state index is 0.0675. The summed E-state index contributed by atoms with van der Waals surface area (Å²) in [6.45, 7) is 4.11. The number of amides is 2. The molecule has 3 aromatic rings. The first kappa shape index (κ1) is 19.8. The van der Waals surface area contributed by atoms with Crippen LogP contribution in [0, 0.1) is 12.8 Å².